The van der Waals surface area contributed by atoms with Gasteiger partial charge in [-0.2, -0.15) is 0 Å². The van der Waals surface area contributed by atoms with E-state index in [-0.39, 0.29) is 0 Å². The molecule has 1 saturated heterocycles. The van der Waals surface area contributed by atoms with Gasteiger partial charge in [-0.05, 0) is 25.7 Å². The third-order valence-electron chi connectivity index (χ3n) is 4.62. The number of nitrogens with zero attached hydrogens (tertiary/aromatic N) is 3. The summed E-state index contributed by atoms with van der Waals surface area (Å²) < 4.78 is 30.2. The van der Waals surface area contributed by atoms with Gasteiger partial charge < -0.3 is 15.2 Å². The molecule has 1 aromatic rings. The number of aromatic nitrogens is 1. The van der Waals surface area contributed by atoms with Crippen molar-refractivity contribution in [2.24, 2.45) is 10.9 Å². The largest absolute Gasteiger partial charge is 0.361 e. The first kappa shape index (κ1) is 20.7. The highest BCUT2D eigenvalue weighted by Crippen LogP contribution is 2.18. The van der Waals surface area contributed by atoms with Gasteiger partial charge >= 0.3 is 0 Å². The van der Waals surface area contributed by atoms with E-state index in [1.807, 2.05) is 13.8 Å². The molecule has 148 valence electrons. The summed E-state index contributed by atoms with van der Waals surface area (Å²) in [7, 11) is -3.10. The van der Waals surface area contributed by atoms with Gasteiger partial charge in [0.15, 0.2) is 5.96 Å². The molecular weight excluding hydrogens is 354 g/mol. The fraction of sp³-hybridized carbons (Fsp3) is 0.765. The van der Waals surface area contributed by atoms with Crippen molar-refractivity contribution in [3.63, 3.8) is 0 Å². The Bertz CT molecular complexity index is 692. The average Bonchev–Trinajstić information content (AvgIpc) is 3.23. The minimum absolute atomic E-state index is 0.293. The third kappa shape index (κ3) is 5.44. The van der Waals surface area contributed by atoms with Gasteiger partial charge in [0.25, 0.3) is 0 Å². The Labute approximate surface area is 156 Å². The van der Waals surface area contributed by atoms with Crippen molar-refractivity contribution < 1.29 is 12.9 Å². The number of nitrogens with one attached hydrogen (secondary N) is 2. The van der Waals surface area contributed by atoms with Gasteiger partial charge in [0.2, 0.25) is 10.0 Å². The van der Waals surface area contributed by atoms with Crippen LogP contribution in [-0.2, 0) is 29.4 Å². The maximum absolute atomic E-state index is 11.6. The predicted molar refractivity (Wildman–Crippen MR) is 103 cm³/mol. The lowest BCUT2D eigenvalue weighted by Gasteiger charge is -2.16. The van der Waals surface area contributed by atoms with Crippen LogP contribution in [0.4, 0.5) is 0 Å². The molecule has 0 spiro atoms. The first-order valence-electron chi connectivity index (χ1n) is 9.32. The van der Waals surface area contributed by atoms with Crippen LogP contribution in [0.5, 0.6) is 0 Å². The van der Waals surface area contributed by atoms with Crippen molar-refractivity contribution >= 4 is 16.0 Å². The van der Waals surface area contributed by atoms with Crippen LogP contribution in [0.15, 0.2) is 9.52 Å². The third-order valence-corrected chi connectivity index (χ3v) is 5.89. The molecule has 1 aliphatic rings. The molecule has 0 aliphatic carbocycles. The summed E-state index contributed by atoms with van der Waals surface area (Å²) in [5.74, 6) is 1.92. The van der Waals surface area contributed by atoms with Gasteiger partial charge in [-0.25, -0.2) is 17.7 Å². The predicted octanol–water partition coefficient (Wildman–Crippen LogP) is 1.14. The van der Waals surface area contributed by atoms with E-state index >= 15 is 0 Å². The molecule has 1 fully saturated rings. The van der Waals surface area contributed by atoms with Gasteiger partial charge in [-0.1, -0.05) is 19.0 Å². The second-order valence-corrected chi connectivity index (χ2v) is 8.57. The van der Waals surface area contributed by atoms with E-state index in [1.54, 1.807) is 4.31 Å². The van der Waals surface area contributed by atoms with Crippen molar-refractivity contribution in [1.29, 1.82) is 0 Å². The lowest BCUT2D eigenvalue weighted by atomic mass is 10.1. The molecule has 8 nitrogen and oxygen atoms in total. The standard InChI is InChI=1S/C17H31N5O3S/c1-5-15-14(16(6-2)25-21-15)11-20-17(18-7-3)19-10-13-8-9-22(12-13)26(4,23)24/h13H,5-12H2,1-4H3,(H2,18,19,20). The number of hydrogen-bond acceptors (Lipinski definition) is 5. The Balaban J connectivity index is 1.96. The van der Waals surface area contributed by atoms with E-state index in [0.717, 1.165) is 48.8 Å². The van der Waals surface area contributed by atoms with Crippen LogP contribution in [0.25, 0.3) is 0 Å². The van der Waals surface area contributed by atoms with Crippen molar-refractivity contribution in [2.45, 2.75) is 46.6 Å². The van der Waals surface area contributed by atoms with Gasteiger partial charge in [0.1, 0.15) is 5.76 Å². The van der Waals surface area contributed by atoms with Crippen LogP contribution in [0.2, 0.25) is 0 Å². The number of aryl methyl sites for hydroxylation is 2. The highest BCUT2D eigenvalue weighted by molar-refractivity contribution is 7.88. The summed E-state index contributed by atoms with van der Waals surface area (Å²) in [6, 6.07) is 0. The molecule has 1 atom stereocenters. The minimum atomic E-state index is -3.10. The van der Waals surface area contributed by atoms with Crippen LogP contribution in [0, 0.1) is 5.92 Å². The van der Waals surface area contributed by atoms with Crippen LogP contribution < -0.4 is 10.6 Å². The number of hydrogen-bond donors (Lipinski definition) is 2. The van der Waals surface area contributed by atoms with Gasteiger partial charge in [0.05, 0.1) is 18.5 Å². The summed E-state index contributed by atoms with van der Waals surface area (Å²) in [4.78, 5) is 4.66. The average molecular weight is 386 g/mol. The molecule has 2 heterocycles. The molecule has 0 radical (unpaired) electrons. The molecule has 0 bridgehead atoms. The maximum atomic E-state index is 11.6. The van der Waals surface area contributed by atoms with Crippen LogP contribution in [0.3, 0.4) is 0 Å². The zero-order valence-electron chi connectivity index (χ0n) is 16.2. The second kappa shape index (κ2) is 9.36. The molecule has 2 rings (SSSR count). The monoisotopic (exact) mass is 385 g/mol. The number of sulfonamides is 1. The molecule has 26 heavy (non-hydrogen) atoms. The summed E-state index contributed by atoms with van der Waals surface area (Å²) in [5, 5.41) is 10.7. The minimum Gasteiger partial charge on any atom is -0.361 e. The maximum Gasteiger partial charge on any atom is 0.211 e. The highest BCUT2D eigenvalue weighted by Gasteiger charge is 2.28. The molecule has 1 aromatic heterocycles. The smallest absolute Gasteiger partial charge is 0.211 e. The number of aliphatic imine (C=N–C) groups is 1. The van der Waals surface area contributed by atoms with E-state index in [0.29, 0.717) is 32.1 Å². The van der Waals surface area contributed by atoms with E-state index in [4.69, 9.17) is 4.52 Å². The first-order valence-corrected chi connectivity index (χ1v) is 11.2. The lowest BCUT2D eigenvalue weighted by molar-refractivity contribution is 0.380. The molecule has 1 unspecified atom stereocenters. The Morgan fingerprint density at radius 3 is 2.65 bits per heavy atom. The molecule has 1 aliphatic heterocycles. The molecule has 9 heteroatoms. The zero-order chi connectivity index (χ0) is 19.2. The second-order valence-electron chi connectivity index (χ2n) is 6.59. The summed E-state index contributed by atoms with van der Waals surface area (Å²) >= 11 is 0. The Morgan fingerprint density at radius 1 is 1.31 bits per heavy atom. The first-order chi connectivity index (χ1) is 12.4. The van der Waals surface area contributed by atoms with Crippen molar-refractivity contribution in [3.8, 4) is 0 Å². The number of guanidine groups is 1. The van der Waals surface area contributed by atoms with E-state index in [1.165, 1.54) is 6.26 Å². The summed E-state index contributed by atoms with van der Waals surface area (Å²) in [5.41, 5.74) is 2.03. The van der Waals surface area contributed by atoms with E-state index in [9.17, 15) is 8.42 Å². The zero-order valence-corrected chi connectivity index (χ0v) is 17.0. The van der Waals surface area contributed by atoms with Crippen molar-refractivity contribution in [3.05, 3.63) is 17.0 Å². The molecule has 0 saturated carbocycles. The van der Waals surface area contributed by atoms with Crippen LogP contribution in [-0.4, -0.2) is 56.3 Å². The van der Waals surface area contributed by atoms with Crippen molar-refractivity contribution in [2.75, 3.05) is 32.4 Å². The normalized spacial score (nSPS) is 19.1. The van der Waals surface area contributed by atoms with E-state index < -0.39 is 10.0 Å². The summed E-state index contributed by atoms with van der Waals surface area (Å²) in [6.45, 7) is 9.26. The Kier molecular flexibility index (Phi) is 7.45. The van der Waals surface area contributed by atoms with Gasteiger partial charge in [0, 0.05) is 38.2 Å². The van der Waals surface area contributed by atoms with Gasteiger partial charge in [-0.3, -0.25) is 0 Å². The fourth-order valence-electron chi connectivity index (χ4n) is 3.12. The number of rotatable bonds is 8. The lowest BCUT2D eigenvalue weighted by Crippen LogP contribution is -2.40. The fourth-order valence-corrected chi connectivity index (χ4v) is 4.04. The quantitative estimate of drug-likeness (QED) is 0.514. The molecule has 2 N–H and O–H groups in total. The molecular formula is C17H31N5O3S. The summed E-state index contributed by atoms with van der Waals surface area (Å²) in [6.07, 6.45) is 3.75. The van der Waals surface area contributed by atoms with Crippen molar-refractivity contribution in [1.82, 2.24) is 20.1 Å². The SMILES string of the molecule is CCNC(=NCc1c(CC)noc1CC)NCC1CCN(S(C)(=O)=O)C1. The topological polar surface area (TPSA) is 99.8 Å². The van der Waals surface area contributed by atoms with Crippen LogP contribution >= 0.6 is 0 Å². The molecule has 0 aromatic carbocycles. The Hall–Kier alpha value is -1.61. The highest BCUT2D eigenvalue weighted by atomic mass is 32.2. The Morgan fingerprint density at radius 2 is 2.08 bits per heavy atom. The van der Waals surface area contributed by atoms with Gasteiger partial charge in [-0.15, -0.1) is 0 Å². The molecule has 0 amide bonds. The van der Waals surface area contributed by atoms with Crippen LogP contribution in [0.1, 0.15) is 44.2 Å². The van der Waals surface area contributed by atoms with E-state index in [2.05, 4.69) is 27.7 Å².